The summed E-state index contributed by atoms with van der Waals surface area (Å²) in [5.74, 6) is -0.474. The number of pyridine rings is 2. The highest BCUT2D eigenvalue weighted by molar-refractivity contribution is 6.04. The highest BCUT2D eigenvalue weighted by Gasteiger charge is 2.09. The van der Waals surface area contributed by atoms with Crippen LogP contribution in [-0.2, 0) is 22.7 Å². The molecule has 0 radical (unpaired) electrons. The third kappa shape index (κ3) is 12.1. The number of hydrogen-bond acceptors (Lipinski definition) is 8. The van der Waals surface area contributed by atoms with Gasteiger partial charge in [0.1, 0.15) is 11.5 Å². The maximum Gasteiger partial charge on any atom is 0.184 e. The molecule has 0 unspecified atom stereocenters. The molecule has 0 saturated heterocycles. The fourth-order valence-corrected chi connectivity index (χ4v) is 4.33. The van der Waals surface area contributed by atoms with E-state index in [0.717, 1.165) is 34.9 Å². The van der Waals surface area contributed by atoms with Gasteiger partial charge in [-0.15, -0.1) is 0 Å². The molecule has 0 aliphatic rings. The van der Waals surface area contributed by atoms with Crippen molar-refractivity contribution in [1.82, 2.24) is 20.6 Å². The first-order valence-electron chi connectivity index (χ1n) is 14.8. The fourth-order valence-electron chi connectivity index (χ4n) is 4.33. The van der Waals surface area contributed by atoms with E-state index in [1.807, 2.05) is 36.4 Å². The van der Waals surface area contributed by atoms with Crippen LogP contribution in [0.25, 0.3) is 11.5 Å². The van der Waals surface area contributed by atoms with Gasteiger partial charge in [0.2, 0.25) is 0 Å². The van der Waals surface area contributed by atoms with Crippen molar-refractivity contribution in [3.8, 4) is 0 Å². The number of aromatic nitrogens is 2. The van der Waals surface area contributed by atoms with Gasteiger partial charge in [0.25, 0.3) is 0 Å². The second kappa shape index (κ2) is 17.2. The number of carbonyl (C=O) groups excluding carboxylic acids is 2. The topological polar surface area (TPSA) is 124 Å². The molecule has 4 N–H and O–H groups in total. The van der Waals surface area contributed by atoms with Crippen molar-refractivity contribution in [2.45, 2.75) is 53.6 Å². The highest BCUT2D eigenvalue weighted by atomic mass is 16.3. The van der Waals surface area contributed by atoms with Gasteiger partial charge in [-0.2, -0.15) is 0 Å². The first-order chi connectivity index (χ1) is 21.1. The summed E-state index contributed by atoms with van der Waals surface area (Å²) in [6.45, 7) is 9.23. The maximum absolute atomic E-state index is 12.7. The van der Waals surface area contributed by atoms with Crippen LogP contribution in [0.5, 0.6) is 0 Å². The van der Waals surface area contributed by atoms with Gasteiger partial charge in [-0.25, -0.2) is 0 Å². The number of allylic oxidation sites excluding steroid dienone is 6. The Morgan fingerprint density at radius 3 is 1.34 bits per heavy atom. The number of benzene rings is 1. The van der Waals surface area contributed by atoms with Crippen molar-refractivity contribution in [3.05, 3.63) is 131 Å². The molecule has 0 saturated carbocycles. The molecule has 0 aliphatic carbocycles. The largest absolute Gasteiger partial charge is 0.507 e. The van der Waals surface area contributed by atoms with Gasteiger partial charge in [-0.3, -0.25) is 19.6 Å². The summed E-state index contributed by atoms with van der Waals surface area (Å²) in [5.41, 5.74) is 4.03. The molecule has 1 aromatic carbocycles. The lowest BCUT2D eigenvalue weighted by Crippen LogP contribution is -2.16. The van der Waals surface area contributed by atoms with E-state index in [0.29, 0.717) is 48.9 Å². The van der Waals surface area contributed by atoms with E-state index in [-0.39, 0.29) is 23.1 Å². The minimum atomic E-state index is -0.357. The molecular formula is C36H42N4O4. The molecule has 0 fully saturated rings. The molecule has 2 heterocycles. The predicted molar refractivity (Wildman–Crippen MR) is 175 cm³/mol. The molecule has 0 aliphatic heterocycles. The lowest BCUT2D eigenvalue weighted by molar-refractivity contribution is -0.111. The van der Waals surface area contributed by atoms with E-state index in [1.165, 1.54) is 12.2 Å². The summed E-state index contributed by atoms with van der Waals surface area (Å²) >= 11 is 0. The molecule has 2 aromatic heterocycles. The molecule has 0 amide bonds. The zero-order valence-electron chi connectivity index (χ0n) is 25.8. The summed E-state index contributed by atoms with van der Waals surface area (Å²) < 4.78 is 0. The van der Waals surface area contributed by atoms with Gasteiger partial charge in [0, 0.05) is 59.2 Å². The van der Waals surface area contributed by atoms with E-state index in [2.05, 4.69) is 48.3 Å². The monoisotopic (exact) mass is 594 g/mol. The molecule has 44 heavy (non-hydrogen) atoms. The van der Waals surface area contributed by atoms with Crippen LogP contribution in [0.15, 0.2) is 109 Å². The minimum absolute atomic E-state index is 0.203. The number of aliphatic hydroxyl groups excluding tert-OH is 2. The Kier molecular flexibility index (Phi) is 13.1. The zero-order chi connectivity index (χ0) is 31.9. The molecule has 3 rings (SSSR count). The predicted octanol–water partition coefficient (Wildman–Crippen LogP) is 6.85. The SMILES string of the molecule is CC(C)C/C(=C/C(=O)/C=C(\O)c1ccc(/C(O)=C/C(=O)/C=C(\CC(C)C)NCc2ccccn2)cc1)NCc1ccccn1. The van der Waals surface area contributed by atoms with E-state index < -0.39 is 0 Å². The van der Waals surface area contributed by atoms with Crippen LogP contribution in [0.3, 0.4) is 0 Å². The Hall–Kier alpha value is -4.98. The van der Waals surface area contributed by atoms with E-state index in [1.54, 1.807) is 36.7 Å². The second-order valence-electron chi connectivity index (χ2n) is 11.3. The van der Waals surface area contributed by atoms with Crippen molar-refractivity contribution in [3.63, 3.8) is 0 Å². The van der Waals surface area contributed by atoms with Crippen LogP contribution in [0.1, 0.15) is 63.1 Å². The van der Waals surface area contributed by atoms with E-state index in [4.69, 9.17) is 0 Å². The average molecular weight is 595 g/mol. The van der Waals surface area contributed by atoms with Crippen LogP contribution in [0.2, 0.25) is 0 Å². The molecule has 0 bridgehead atoms. The Bertz CT molecular complexity index is 1380. The second-order valence-corrected chi connectivity index (χ2v) is 11.3. The summed E-state index contributed by atoms with van der Waals surface area (Å²) in [6.07, 6.45) is 10.1. The van der Waals surface area contributed by atoms with Gasteiger partial charge in [-0.05, 0) is 48.9 Å². The fraction of sp³-hybridized carbons (Fsp3) is 0.278. The molecule has 230 valence electrons. The quantitative estimate of drug-likeness (QED) is 0.105. The number of hydrogen-bond donors (Lipinski definition) is 4. The van der Waals surface area contributed by atoms with Crippen molar-refractivity contribution in [1.29, 1.82) is 0 Å². The van der Waals surface area contributed by atoms with Gasteiger partial charge in [0.15, 0.2) is 11.6 Å². The Morgan fingerprint density at radius 1 is 0.636 bits per heavy atom. The lowest BCUT2D eigenvalue weighted by Gasteiger charge is -2.13. The maximum atomic E-state index is 12.7. The van der Waals surface area contributed by atoms with Crippen molar-refractivity contribution in [2.75, 3.05) is 0 Å². The number of ketones is 2. The molecule has 0 atom stereocenters. The summed E-state index contributed by atoms with van der Waals surface area (Å²) in [7, 11) is 0. The third-order valence-corrected chi connectivity index (χ3v) is 6.37. The standard InChI is InChI=1S/C36H42N4O4/c1-25(2)17-31(39-23-29-9-5-7-15-37-29)19-33(41)21-35(43)27-11-13-28(14-12-27)36(44)22-34(42)20-32(18-26(3)4)40-24-30-10-6-8-16-38-30/h5-16,19-22,25-26,39-40,43-44H,17-18,23-24H2,1-4H3/b31-19-,32-20+,35-21-,36-22-. The molecule has 8 heteroatoms. The first-order valence-corrected chi connectivity index (χ1v) is 14.8. The Labute approximate surface area is 260 Å². The molecule has 8 nitrogen and oxygen atoms in total. The van der Waals surface area contributed by atoms with Crippen LogP contribution < -0.4 is 10.6 Å². The molecule has 0 spiro atoms. The highest BCUT2D eigenvalue weighted by Crippen LogP contribution is 2.18. The number of nitrogens with one attached hydrogen (secondary N) is 2. The molecular weight excluding hydrogens is 552 g/mol. The minimum Gasteiger partial charge on any atom is -0.507 e. The van der Waals surface area contributed by atoms with Crippen LogP contribution in [0, 0.1) is 11.8 Å². The Morgan fingerprint density at radius 2 is 1.02 bits per heavy atom. The first kappa shape index (κ1) is 33.5. The van der Waals surface area contributed by atoms with E-state index in [9.17, 15) is 19.8 Å². The van der Waals surface area contributed by atoms with Crippen LogP contribution >= 0.6 is 0 Å². The van der Waals surface area contributed by atoms with Gasteiger partial charge < -0.3 is 20.8 Å². The summed E-state index contributed by atoms with van der Waals surface area (Å²) in [4.78, 5) is 34.1. The number of carbonyl (C=O) groups is 2. The third-order valence-electron chi connectivity index (χ3n) is 6.37. The number of aliphatic hydroxyl groups is 2. The lowest BCUT2D eigenvalue weighted by atomic mass is 10.0. The van der Waals surface area contributed by atoms with Crippen LogP contribution in [0.4, 0.5) is 0 Å². The van der Waals surface area contributed by atoms with Gasteiger partial charge in [-0.1, -0.05) is 64.1 Å². The van der Waals surface area contributed by atoms with E-state index >= 15 is 0 Å². The van der Waals surface area contributed by atoms with Gasteiger partial charge in [0.05, 0.1) is 24.5 Å². The number of nitrogens with zero attached hydrogens (tertiary/aromatic N) is 2. The van der Waals surface area contributed by atoms with Crippen molar-refractivity contribution < 1.29 is 19.8 Å². The van der Waals surface area contributed by atoms with Crippen LogP contribution in [-0.4, -0.2) is 31.7 Å². The van der Waals surface area contributed by atoms with Gasteiger partial charge >= 0.3 is 0 Å². The van der Waals surface area contributed by atoms with Crippen molar-refractivity contribution in [2.24, 2.45) is 11.8 Å². The zero-order valence-corrected chi connectivity index (χ0v) is 25.8. The average Bonchev–Trinajstić information content (AvgIpc) is 2.99. The normalized spacial score (nSPS) is 12.9. The summed E-state index contributed by atoms with van der Waals surface area (Å²) in [6, 6.07) is 17.6. The molecule has 3 aromatic rings. The smallest absolute Gasteiger partial charge is 0.184 e. The number of rotatable bonds is 16. The van der Waals surface area contributed by atoms with Crippen molar-refractivity contribution >= 4 is 23.1 Å². The summed E-state index contributed by atoms with van der Waals surface area (Å²) in [5, 5.41) is 27.8. The Balaban J connectivity index is 1.67.